The van der Waals surface area contributed by atoms with E-state index in [1.165, 1.54) is 6.26 Å². The summed E-state index contributed by atoms with van der Waals surface area (Å²) < 4.78 is 24.8. The van der Waals surface area contributed by atoms with Crippen LogP contribution in [0.1, 0.15) is 32.9 Å². The molecule has 0 saturated carbocycles. The van der Waals surface area contributed by atoms with Gasteiger partial charge in [-0.15, -0.1) is 24.0 Å². The van der Waals surface area contributed by atoms with Gasteiger partial charge in [0.2, 0.25) is 0 Å². The largest absolute Gasteiger partial charge is 0.357 e. The molecule has 0 fully saturated rings. The number of nitrogens with zero attached hydrogens (tertiary/aromatic N) is 3. The van der Waals surface area contributed by atoms with Gasteiger partial charge in [0.15, 0.2) is 5.96 Å². The van der Waals surface area contributed by atoms with Crippen molar-refractivity contribution in [1.82, 2.24) is 14.8 Å². The first-order chi connectivity index (χ1) is 11.4. The van der Waals surface area contributed by atoms with Crippen LogP contribution in [0.2, 0.25) is 5.02 Å². The molecule has 0 spiro atoms. The summed E-state index contributed by atoms with van der Waals surface area (Å²) in [5, 5.41) is 4.01. The van der Waals surface area contributed by atoms with Gasteiger partial charge in [0.25, 0.3) is 0 Å². The zero-order valence-corrected chi connectivity index (χ0v) is 20.4. The van der Waals surface area contributed by atoms with Crippen LogP contribution in [0.15, 0.2) is 17.3 Å². The lowest BCUT2D eigenvalue weighted by Gasteiger charge is -2.26. The van der Waals surface area contributed by atoms with Crippen molar-refractivity contribution in [2.75, 3.05) is 32.1 Å². The van der Waals surface area contributed by atoms with E-state index in [2.05, 4.69) is 5.32 Å². The molecule has 1 N–H and O–H groups in total. The van der Waals surface area contributed by atoms with Crippen molar-refractivity contribution in [2.45, 2.75) is 33.7 Å². The minimum Gasteiger partial charge on any atom is -0.357 e. The van der Waals surface area contributed by atoms with Gasteiger partial charge >= 0.3 is 0 Å². The number of nitrogens with one attached hydrogen (secondary N) is 1. The minimum absolute atomic E-state index is 0. The summed E-state index contributed by atoms with van der Waals surface area (Å²) in [7, 11) is 0.988. The number of hydrogen-bond donors (Lipinski definition) is 1. The van der Waals surface area contributed by atoms with Crippen molar-refractivity contribution < 1.29 is 8.42 Å². The Morgan fingerprint density at radius 2 is 2.04 bits per heavy atom. The van der Waals surface area contributed by atoms with Gasteiger partial charge < -0.3 is 14.8 Å². The summed E-state index contributed by atoms with van der Waals surface area (Å²) in [5.74, 6) is 0.983. The molecular weight excluding hydrogens is 487 g/mol. The van der Waals surface area contributed by atoms with Crippen molar-refractivity contribution in [3.05, 3.63) is 23.0 Å². The Morgan fingerprint density at radius 3 is 2.50 bits per heavy atom. The second-order valence-electron chi connectivity index (χ2n) is 7.33. The molecule has 1 aromatic rings. The van der Waals surface area contributed by atoms with Crippen molar-refractivity contribution in [1.29, 1.82) is 0 Å². The number of aliphatic imine (C=N–C) groups is 1. The van der Waals surface area contributed by atoms with Gasteiger partial charge in [0, 0.05) is 45.3 Å². The van der Waals surface area contributed by atoms with Crippen LogP contribution in [0.25, 0.3) is 0 Å². The van der Waals surface area contributed by atoms with Gasteiger partial charge in [0.05, 0.1) is 17.3 Å². The van der Waals surface area contributed by atoms with E-state index in [9.17, 15) is 8.42 Å². The molecule has 0 atom stereocenters. The molecule has 6 nitrogen and oxygen atoms in total. The number of rotatable bonds is 8. The number of hydrogen-bond acceptors (Lipinski definition) is 3. The Kier molecular flexibility index (Phi) is 10.6. The lowest BCUT2D eigenvalue weighted by atomic mass is 9.90. The monoisotopic (exact) mass is 518 g/mol. The second kappa shape index (κ2) is 10.8. The van der Waals surface area contributed by atoms with Crippen LogP contribution in [0.4, 0.5) is 0 Å². The molecule has 0 aliphatic heterocycles. The number of sulfone groups is 1. The highest BCUT2D eigenvalue weighted by Crippen LogP contribution is 2.22. The molecule has 0 aliphatic rings. The number of aromatic nitrogens is 1. The molecule has 0 aliphatic carbocycles. The van der Waals surface area contributed by atoms with Crippen LogP contribution >= 0.6 is 35.6 Å². The maximum Gasteiger partial charge on any atom is 0.194 e. The molecule has 0 amide bonds. The molecule has 9 heteroatoms. The Morgan fingerprint density at radius 1 is 1.42 bits per heavy atom. The molecule has 26 heavy (non-hydrogen) atoms. The minimum atomic E-state index is -2.96. The second-order valence-corrected chi connectivity index (χ2v) is 10.0. The highest BCUT2D eigenvalue weighted by molar-refractivity contribution is 14.0. The fourth-order valence-corrected chi connectivity index (χ4v) is 3.54. The molecule has 0 bridgehead atoms. The predicted octanol–water partition coefficient (Wildman–Crippen LogP) is 3.15. The topological polar surface area (TPSA) is 66.7 Å². The molecule has 0 unspecified atom stereocenters. The van der Waals surface area contributed by atoms with E-state index in [0.29, 0.717) is 19.5 Å². The Hall–Kier alpha value is -0.480. The van der Waals surface area contributed by atoms with Gasteiger partial charge in [0.1, 0.15) is 9.84 Å². The van der Waals surface area contributed by atoms with E-state index in [0.717, 1.165) is 23.2 Å². The maximum atomic E-state index is 11.4. The molecule has 0 saturated heterocycles. The van der Waals surface area contributed by atoms with E-state index < -0.39 is 9.84 Å². The highest BCUT2D eigenvalue weighted by atomic mass is 127. The molecule has 1 heterocycles. The quantitative estimate of drug-likeness (QED) is 0.326. The SMILES string of the molecule is CCNC(=NCC(C)(C)CCS(C)(=O)=O)N(C)Cc1cc(Cl)cn1C.I. The predicted molar refractivity (Wildman–Crippen MR) is 121 cm³/mol. The normalized spacial score (nSPS) is 12.7. The summed E-state index contributed by atoms with van der Waals surface area (Å²) in [6, 6.07) is 1.94. The van der Waals surface area contributed by atoms with Gasteiger partial charge in [-0.3, -0.25) is 4.99 Å². The first kappa shape index (κ1) is 25.5. The molecule has 1 rings (SSSR count). The van der Waals surface area contributed by atoms with Crippen LogP contribution in [0.5, 0.6) is 0 Å². The van der Waals surface area contributed by atoms with Crippen LogP contribution < -0.4 is 5.32 Å². The van der Waals surface area contributed by atoms with Crippen LogP contribution in [0.3, 0.4) is 0 Å². The zero-order valence-electron chi connectivity index (χ0n) is 16.5. The highest BCUT2D eigenvalue weighted by Gasteiger charge is 2.21. The number of aryl methyl sites for hydroxylation is 1. The fraction of sp³-hybridized carbons (Fsp3) is 0.706. The Bertz CT molecular complexity index is 702. The summed E-state index contributed by atoms with van der Waals surface area (Å²) in [6.07, 6.45) is 3.74. The van der Waals surface area contributed by atoms with Crippen molar-refractivity contribution in [2.24, 2.45) is 17.5 Å². The fourth-order valence-electron chi connectivity index (χ4n) is 2.34. The third-order valence-corrected chi connectivity index (χ3v) is 5.13. The van der Waals surface area contributed by atoms with Gasteiger partial charge in [-0.05, 0) is 24.8 Å². The summed E-state index contributed by atoms with van der Waals surface area (Å²) in [4.78, 5) is 6.76. The lowest BCUT2D eigenvalue weighted by molar-refractivity contribution is 0.361. The average molecular weight is 519 g/mol. The van der Waals surface area contributed by atoms with Crippen molar-refractivity contribution >= 4 is 51.4 Å². The van der Waals surface area contributed by atoms with Crippen LogP contribution in [-0.2, 0) is 23.4 Å². The number of halogens is 2. The summed E-state index contributed by atoms with van der Waals surface area (Å²) in [6.45, 7) is 8.12. The Balaban J connectivity index is 0.00000625. The van der Waals surface area contributed by atoms with E-state index in [1.54, 1.807) is 0 Å². The molecule has 152 valence electrons. The Labute approximate surface area is 180 Å². The molecular formula is C17H32ClIN4O2S. The average Bonchev–Trinajstić information content (AvgIpc) is 2.78. The molecule has 0 radical (unpaired) electrons. The lowest BCUT2D eigenvalue weighted by Crippen LogP contribution is -2.39. The van der Waals surface area contributed by atoms with Crippen LogP contribution in [0, 0.1) is 5.41 Å². The van der Waals surface area contributed by atoms with E-state index in [-0.39, 0.29) is 35.1 Å². The standard InChI is InChI=1S/C17H31ClN4O2S.HI/c1-7-19-16(20-13-17(2,3)8-9-25(6,23)24)22(5)12-15-10-14(18)11-21(15)4;/h10-11H,7-9,12-13H2,1-6H3,(H,19,20);1H. The maximum absolute atomic E-state index is 11.4. The van der Waals surface area contributed by atoms with Crippen molar-refractivity contribution in [3.63, 3.8) is 0 Å². The van der Waals surface area contributed by atoms with Gasteiger partial charge in [-0.25, -0.2) is 8.42 Å². The zero-order chi connectivity index (χ0) is 19.3. The third-order valence-electron chi connectivity index (χ3n) is 3.98. The smallest absolute Gasteiger partial charge is 0.194 e. The van der Waals surface area contributed by atoms with Crippen LogP contribution in [-0.4, -0.2) is 56.0 Å². The van der Waals surface area contributed by atoms with Gasteiger partial charge in [-0.2, -0.15) is 0 Å². The van der Waals surface area contributed by atoms with Gasteiger partial charge in [-0.1, -0.05) is 25.4 Å². The van der Waals surface area contributed by atoms with E-state index >= 15 is 0 Å². The molecule has 1 aromatic heterocycles. The number of guanidine groups is 1. The third kappa shape index (κ3) is 9.45. The van der Waals surface area contributed by atoms with Crippen molar-refractivity contribution in [3.8, 4) is 0 Å². The first-order valence-electron chi connectivity index (χ1n) is 8.41. The van der Waals surface area contributed by atoms with E-state index in [1.807, 2.05) is 56.6 Å². The van der Waals surface area contributed by atoms with E-state index in [4.69, 9.17) is 16.6 Å². The molecule has 0 aromatic carbocycles. The summed E-state index contributed by atoms with van der Waals surface area (Å²) in [5.41, 5.74) is 0.910. The summed E-state index contributed by atoms with van der Waals surface area (Å²) >= 11 is 6.05. The first-order valence-corrected chi connectivity index (χ1v) is 10.9.